The molecule has 0 aromatic carbocycles. The van der Waals surface area contributed by atoms with E-state index >= 15 is 0 Å². The second-order valence-corrected chi connectivity index (χ2v) is 8.61. The Morgan fingerprint density at radius 2 is 1.29 bits per heavy atom. The number of carboxylic acid groups (broad SMARTS) is 1. The Kier molecular flexibility index (Phi) is 9.43. The van der Waals surface area contributed by atoms with Gasteiger partial charge in [0, 0.05) is 6.42 Å². The SMILES string of the molecule is CC(C)CCCCCC(OOC(C)(C)C)(OOC(C)(C)C)C(=O)O. The fraction of sp³-hybridized carbons (Fsp3) is 0.944. The molecular formula is C18H36O6. The van der Waals surface area contributed by atoms with Gasteiger partial charge in [0.05, 0.1) is 11.2 Å². The van der Waals surface area contributed by atoms with Gasteiger partial charge in [-0.25, -0.2) is 14.6 Å². The van der Waals surface area contributed by atoms with Gasteiger partial charge in [0.15, 0.2) is 0 Å². The maximum absolute atomic E-state index is 11.8. The van der Waals surface area contributed by atoms with Crippen molar-refractivity contribution in [2.45, 2.75) is 104 Å². The molecule has 0 atom stereocenters. The predicted octanol–water partition coefficient (Wildman–Crippen LogP) is 4.87. The summed E-state index contributed by atoms with van der Waals surface area (Å²) >= 11 is 0. The van der Waals surface area contributed by atoms with Crippen LogP contribution in [0.4, 0.5) is 0 Å². The maximum Gasteiger partial charge on any atom is 0.370 e. The fourth-order valence-electron chi connectivity index (χ4n) is 1.75. The Hall–Kier alpha value is -0.690. The van der Waals surface area contributed by atoms with Gasteiger partial charge in [-0.1, -0.05) is 33.1 Å². The van der Waals surface area contributed by atoms with Gasteiger partial charge in [-0.3, -0.25) is 0 Å². The van der Waals surface area contributed by atoms with Crippen molar-refractivity contribution >= 4 is 5.97 Å². The van der Waals surface area contributed by atoms with Crippen molar-refractivity contribution in [2.24, 2.45) is 5.92 Å². The molecule has 0 aliphatic heterocycles. The fourth-order valence-corrected chi connectivity index (χ4v) is 1.75. The molecule has 6 heteroatoms. The lowest BCUT2D eigenvalue weighted by molar-refractivity contribution is -0.528. The van der Waals surface area contributed by atoms with E-state index in [0.717, 1.165) is 19.3 Å². The van der Waals surface area contributed by atoms with E-state index < -0.39 is 23.0 Å². The average molecular weight is 348 g/mol. The molecule has 0 aliphatic carbocycles. The lowest BCUT2D eigenvalue weighted by Crippen LogP contribution is -2.47. The molecule has 1 N–H and O–H groups in total. The first kappa shape index (κ1) is 23.3. The third-order valence-electron chi connectivity index (χ3n) is 2.97. The number of hydrogen-bond donors (Lipinski definition) is 1. The summed E-state index contributed by atoms with van der Waals surface area (Å²) in [5.41, 5.74) is -1.33. The van der Waals surface area contributed by atoms with E-state index in [0.29, 0.717) is 12.3 Å². The van der Waals surface area contributed by atoms with E-state index in [-0.39, 0.29) is 6.42 Å². The second kappa shape index (κ2) is 9.70. The lowest BCUT2D eigenvalue weighted by Gasteiger charge is -2.32. The van der Waals surface area contributed by atoms with Crippen molar-refractivity contribution in [3.63, 3.8) is 0 Å². The van der Waals surface area contributed by atoms with Crippen molar-refractivity contribution in [3.05, 3.63) is 0 Å². The Bertz CT molecular complexity index is 347. The Morgan fingerprint density at radius 3 is 1.62 bits per heavy atom. The van der Waals surface area contributed by atoms with Gasteiger partial charge in [-0.05, 0) is 53.9 Å². The molecule has 0 radical (unpaired) electrons. The van der Waals surface area contributed by atoms with Crippen molar-refractivity contribution < 1.29 is 29.5 Å². The van der Waals surface area contributed by atoms with E-state index in [4.69, 9.17) is 19.6 Å². The summed E-state index contributed by atoms with van der Waals surface area (Å²) in [6.45, 7) is 15.0. The normalized spacial score (nSPS) is 13.5. The summed E-state index contributed by atoms with van der Waals surface area (Å²) in [4.78, 5) is 32.7. The molecule has 0 unspecified atom stereocenters. The molecule has 0 spiro atoms. The lowest BCUT2D eigenvalue weighted by atomic mass is 10.0. The van der Waals surface area contributed by atoms with Crippen LogP contribution in [0.2, 0.25) is 0 Å². The van der Waals surface area contributed by atoms with Crippen LogP contribution in [0.5, 0.6) is 0 Å². The first-order chi connectivity index (χ1) is 10.8. The molecule has 0 bridgehead atoms. The van der Waals surface area contributed by atoms with Crippen molar-refractivity contribution in [1.82, 2.24) is 0 Å². The smallest absolute Gasteiger partial charge is 0.370 e. The van der Waals surface area contributed by atoms with Crippen LogP contribution in [0.25, 0.3) is 0 Å². The standard InChI is InChI=1S/C18H36O6/c1-14(2)12-10-9-11-13-18(15(19)20,23-21-16(3,4)5)24-22-17(6,7)8/h14H,9-13H2,1-8H3,(H,19,20). The number of unbranched alkanes of at least 4 members (excludes halogenated alkanes) is 2. The topological polar surface area (TPSA) is 74.2 Å². The molecule has 0 aromatic heterocycles. The molecule has 0 aromatic rings. The highest BCUT2D eigenvalue weighted by atomic mass is 17.3. The zero-order valence-corrected chi connectivity index (χ0v) is 16.6. The van der Waals surface area contributed by atoms with Gasteiger partial charge in [-0.2, -0.15) is 9.78 Å². The average Bonchev–Trinajstić information content (AvgIpc) is 2.38. The molecule has 0 saturated heterocycles. The van der Waals surface area contributed by atoms with E-state index in [9.17, 15) is 9.90 Å². The van der Waals surface area contributed by atoms with Gasteiger partial charge in [0.2, 0.25) is 0 Å². The van der Waals surface area contributed by atoms with E-state index in [1.165, 1.54) is 0 Å². The summed E-state index contributed by atoms with van der Waals surface area (Å²) < 4.78 is 0. The molecular weight excluding hydrogens is 312 g/mol. The van der Waals surface area contributed by atoms with Gasteiger partial charge < -0.3 is 5.11 Å². The molecule has 0 fully saturated rings. The van der Waals surface area contributed by atoms with E-state index in [1.807, 2.05) is 0 Å². The number of hydrogen-bond acceptors (Lipinski definition) is 5. The third kappa shape index (κ3) is 11.0. The van der Waals surface area contributed by atoms with E-state index in [1.54, 1.807) is 41.5 Å². The molecule has 0 rings (SSSR count). The predicted molar refractivity (Wildman–Crippen MR) is 92.1 cm³/mol. The molecule has 0 saturated carbocycles. The van der Waals surface area contributed by atoms with E-state index in [2.05, 4.69) is 13.8 Å². The number of aliphatic carboxylic acids is 1. The van der Waals surface area contributed by atoms with Crippen LogP contribution in [0, 0.1) is 5.92 Å². The summed E-state index contributed by atoms with van der Waals surface area (Å²) in [5, 5.41) is 9.65. The number of carbonyl (C=O) groups is 1. The minimum atomic E-state index is -1.97. The van der Waals surface area contributed by atoms with Gasteiger partial charge in [0.1, 0.15) is 0 Å². The highest BCUT2D eigenvalue weighted by Crippen LogP contribution is 2.28. The second-order valence-electron chi connectivity index (χ2n) is 8.61. The Balaban J connectivity index is 4.89. The molecule has 0 amide bonds. The highest BCUT2D eigenvalue weighted by molar-refractivity contribution is 5.75. The van der Waals surface area contributed by atoms with Gasteiger partial charge >= 0.3 is 11.8 Å². The van der Waals surface area contributed by atoms with Gasteiger partial charge in [0.25, 0.3) is 0 Å². The number of carboxylic acids is 1. The summed E-state index contributed by atoms with van der Waals surface area (Å²) in [6.07, 6.45) is 3.82. The zero-order valence-electron chi connectivity index (χ0n) is 16.6. The van der Waals surface area contributed by atoms with Crippen LogP contribution in [0.3, 0.4) is 0 Å². The summed E-state index contributed by atoms with van der Waals surface area (Å²) in [5.74, 6) is -2.60. The first-order valence-corrected chi connectivity index (χ1v) is 8.74. The van der Waals surface area contributed by atoms with Crippen LogP contribution in [-0.4, -0.2) is 28.1 Å². The highest BCUT2D eigenvalue weighted by Gasteiger charge is 2.46. The Morgan fingerprint density at radius 1 is 0.833 bits per heavy atom. The molecule has 0 aliphatic rings. The van der Waals surface area contributed by atoms with Crippen molar-refractivity contribution in [3.8, 4) is 0 Å². The summed E-state index contributed by atoms with van der Waals surface area (Å²) in [7, 11) is 0. The van der Waals surface area contributed by atoms with Crippen LogP contribution < -0.4 is 0 Å². The van der Waals surface area contributed by atoms with Crippen molar-refractivity contribution in [1.29, 1.82) is 0 Å². The zero-order chi connectivity index (χ0) is 19.0. The van der Waals surface area contributed by atoms with Crippen LogP contribution in [0.1, 0.15) is 87.5 Å². The molecule has 144 valence electrons. The number of rotatable bonds is 11. The molecule has 0 heterocycles. The minimum Gasteiger partial charge on any atom is -0.477 e. The van der Waals surface area contributed by atoms with Crippen LogP contribution in [-0.2, 0) is 24.3 Å². The van der Waals surface area contributed by atoms with Crippen molar-refractivity contribution in [2.75, 3.05) is 0 Å². The molecule has 6 nitrogen and oxygen atoms in total. The van der Waals surface area contributed by atoms with Gasteiger partial charge in [-0.15, -0.1) is 0 Å². The summed E-state index contributed by atoms with van der Waals surface area (Å²) in [6, 6.07) is 0. The minimum absolute atomic E-state index is 0.145. The van der Waals surface area contributed by atoms with Crippen LogP contribution in [0.15, 0.2) is 0 Å². The largest absolute Gasteiger partial charge is 0.477 e. The quantitative estimate of drug-likeness (QED) is 0.248. The molecule has 24 heavy (non-hydrogen) atoms. The maximum atomic E-state index is 11.8. The first-order valence-electron chi connectivity index (χ1n) is 8.74. The van der Waals surface area contributed by atoms with Crippen LogP contribution >= 0.6 is 0 Å². The third-order valence-corrected chi connectivity index (χ3v) is 2.97. The Labute approximate surface area is 146 Å². The monoisotopic (exact) mass is 348 g/mol.